The number of aliphatic carboxylic acids is 1. The molecule has 0 unspecified atom stereocenters. The van der Waals surface area contributed by atoms with E-state index in [1.807, 2.05) is 0 Å². The van der Waals surface area contributed by atoms with Gasteiger partial charge in [-0.1, -0.05) is 39.8 Å². The molecule has 0 aliphatic heterocycles. The number of thioether (sulfide) groups is 1. The molecule has 1 aromatic rings. The van der Waals surface area contributed by atoms with Crippen LogP contribution in [0.4, 0.5) is 4.79 Å². The molecule has 10 amide bonds. The highest BCUT2D eigenvalue weighted by Gasteiger charge is 2.35. The van der Waals surface area contributed by atoms with Gasteiger partial charge in [-0.05, 0) is 119 Å². The summed E-state index contributed by atoms with van der Waals surface area (Å²) in [7, 11) is 0. The van der Waals surface area contributed by atoms with E-state index >= 15 is 0 Å². The van der Waals surface area contributed by atoms with E-state index in [1.165, 1.54) is 30.8 Å². The number of hydrogen-bond donors (Lipinski definition) is 17. The highest BCUT2D eigenvalue weighted by atomic mass is 32.2. The Bertz CT molecular complexity index is 2150. The number of nitrogens with one attached hydrogen (secondary N) is 9. The van der Waals surface area contributed by atoms with Crippen LogP contribution in [0.15, 0.2) is 29.3 Å². The maximum absolute atomic E-state index is 14.0. The Labute approximate surface area is 459 Å². The smallest absolute Gasteiger partial charge is 0.326 e. The number of carbonyl (C=O) groups is 10. The van der Waals surface area contributed by atoms with Gasteiger partial charge >= 0.3 is 12.0 Å². The number of aliphatic imine (C=N–C) groups is 1. The number of carboxylic acids is 1. The molecular weight excluding hydrogens is 1040 g/mol. The van der Waals surface area contributed by atoms with E-state index in [0.717, 1.165) is 0 Å². The molecule has 0 aliphatic rings. The molecule has 0 fully saturated rings. The molecule has 78 heavy (non-hydrogen) atoms. The van der Waals surface area contributed by atoms with Crippen LogP contribution in [0.3, 0.4) is 0 Å². The van der Waals surface area contributed by atoms with E-state index in [0.29, 0.717) is 30.7 Å². The molecule has 22 N–H and O–H groups in total. The van der Waals surface area contributed by atoms with Crippen LogP contribution in [0, 0.1) is 11.8 Å². The van der Waals surface area contributed by atoms with Crippen LogP contribution < -0.4 is 76.5 Å². The van der Waals surface area contributed by atoms with E-state index in [9.17, 15) is 63.3 Å². The summed E-state index contributed by atoms with van der Waals surface area (Å²) < 4.78 is 0. The third-order valence-corrected chi connectivity index (χ3v) is 12.5. The predicted octanol–water partition coefficient (Wildman–Crippen LogP) is -3.68. The van der Waals surface area contributed by atoms with Crippen molar-refractivity contribution in [3.63, 3.8) is 0 Å². The number of rotatable bonds is 38. The van der Waals surface area contributed by atoms with E-state index in [1.54, 1.807) is 46.1 Å². The van der Waals surface area contributed by atoms with Crippen molar-refractivity contribution in [2.75, 3.05) is 38.2 Å². The Kier molecular flexibility index (Phi) is 32.7. The molecule has 1 rings (SSSR count). The van der Waals surface area contributed by atoms with E-state index < -0.39 is 126 Å². The van der Waals surface area contributed by atoms with Crippen LogP contribution in [0.25, 0.3) is 0 Å². The summed E-state index contributed by atoms with van der Waals surface area (Å²) in [6, 6.07) is -6.78. The third kappa shape index (κ3) is 27.4. The Morgan fingerprint density at radius 2 is 1.10 bits per heavy atom. The summed E-state index contributed by atoms with van der Waals surface area (Å²) in [6.45, 7) is 7.54. The first-order chi connectivity index (χ1) is 36.7. The lowest BCUT2D eigenvalue weighted by Gasteiger charge is -2.28. The van der Waals surface area contributed by atoms with Crippen molar-refractivity contribution in [1.82, 2.24) is 47.9 Å². The van der Waals surface area contributed by atoms with Crippen LogP contribution >= 0.6 is 11.8 Å². The number of unbranched alkanes of at least 4 members (excludes halogenated alkanes) is 1. The number of phenolic OH excluding ortho intramolecular Hbond substituents is 1. The van der Waals surface area contributed by atoms with Crippen molar-refractivity contribution in [3.8, 4) is 5.75 Å². The molecule has 0 saturated heterocycles. The van der Waals surface area contributed by atoms with E-state index in [2.05, 4.69) is 52.8 Å². The van der Waals surface area contributed by atoms with Crippen molar-refractivity contribution in [2.24, 2.45) is 45.5 Å². The van der Waals surface area contributed by atoms with Crippen molar-refractivity contribution >= 4 is 77.0 Å². The van der Waals surface area contributed by atoms with Crippen LogP contribution in [0.1, 0.15) is 98.0 Å². The average Bonchev–Trinajstić information content (AvgIpc) is 3.36. The molecule has 1 aromatic carbocycles. The molecular formula is C49H85N15O13S. The lowest BCUT2D eigenvalue weighted by Crippen LogP contribution is -2.61. The number of carbonyl (C=O) groups excluding carboxylic acids is 9. The topological polar surface area (TPSA) is 482 Å². The first-order valence-corrected chi connectivity index (χ1v) is 27.2. The van der Waals surface area contributed by atoms with Gasteiger partial charge in [0.15, 0.2) is 5.96 Å². The van der Waals surface area contributed by atoms with E-state index in [4.69, 9.17) is 28.7 Å². The number of urea groups is 1. The number of nitrogens with zero attached hydrogens (tertiary/aromatic N) is 1. The fourth-order valence-electron chi connectivity index (χ4n) is 7.51. The van der Waals surface area contributed by atoms with Crippen molar-refractivity contribution < 1.29 is 63.3 Å². The van der Waals surface area contributed by atoms with Crippen LogP contribution in [0.2, 0.25) is 0 Å². The minimum Gasteiger partial charge on any atom is -0.508 e. The van der Waals surface area contributed by atoms with Gasteiger partial charge in [0.1, 0.15) is 54.1 Å². The van der Waals surface area contributed by atoms with Crippen molar-refractivity contribution in [3.05, 3.63) is 29.8 Å². The fourth-order valence-corrected chi connectivity index (χ4v) is 7.98. The number of amides is 10. The van der Waals surface area contributed by atoms with Gasteiger partial charge in [-0.15, -0.1) is 0 Å². The zero-order chi connectivity index (χ0) is 59.1. The normalized spacial score (nSPS) is 14.6. The molecule has 0 radical (unpaired) electrons. The Balaban J connectivity index is 3.34. The van der Waals surface area contributed by atoms with Gasteiger partial charge in [0, 0.05) is 13.1 Å². The Hall–Kier alpha value is -6.98. The largest absolute Gasteiger partial charge is 0.508 e. The quantitative estimate of drug-likeness (QED) is 0.0172. The number of aromatic hydroxyl groups is 1. The molecule has 28 nitrogen and oxygen atoms in total. The zero-order valence-electron chi connectivity index (χ0n) is 45.4. The highest BCUT2D eigenvalue weighted by Crippen LogP contribution is 2.13. The molecule has 440 valence electrons. The minimum atomic E-state index is -1.54. The molecule has 9 atom stereocenters. The molecule has 0 heterocycles. The number of aliphatic hydroxyl groups is 1. The molecule has 0 aromatic heterocycles. The molecule has 0 aliphatic carbocycles. The lowest BCUT2D eigenvalue weighted by atomic mass is 10.0. The Morgan fingerprint density at radius 1 is 0.603 bits per heavy atom. The second-order valence-corrected chi connectivity index (χ2v) is 20.4. The number of nitrogens with two attached hydrogens (primary N) is 5. The minimum absolute atomic E-state index is 0.00751. The summed E-state index contributed by atoms with van der Waals surface area (Å²) in [5, 5.41) is 52.2. The zero-order valence-corrected chi connectivity index (χ0v) is 46.2. The van der Waals surface area contributed by atoms with Crippen molar-refractivity contribution in [2.45, 2.75) is 153 Å². The monoisotopic (exact) mass is 1120 g/mol. The summed E-state index contributed by atoms with van der Waals surface area (Å²) in [5.41, 5.74) is 28.4. The SMILES string of the molecule is CSCC[C@H](NC(=O)[C@H](CCCN=C(N)N)NC(=O)[C@@H](NC(=O)[C@H](C)NC(=O)[C@H](CCCNC(N)=O)NC(=O)[C@H](CC(C)C)NC(=O)[C@H](CO)NC(=O)[C@@H](N)Cc1ccc(O)cc1)C(C)C)C(=O)N[C@@H](CCCCN)C(=O)O. The second-order valence-electron chi connectivity index (χ2n) is 19.4. The maximum atomic E-state index is 14.0. The van der Waals surface area contributed by atoms with Crippen LogP contribution in [-0.4, -0.2) is 173 Å². The average molecular weight is 1120 g/mol. The van der Waals surface area contributed by atoms with Gasteiger partial charge in [0.05, 0.1) is 12.6 Å². The van der Waals surface area contributed by atoms with Gasteiger partial charge < -0.3 is 91.8 Å². The molecule has 0 spiro atoms. The van der Waals surface area contributed by atoms with Gasteiger partial charge in [-0.2, -0.15) is 11.8 Å². The summed E-state index contributed by atoms with van der Waals surface area (Å²) in [5.74, 6) is -8.60. The van der Waals surface area contributed by atoms with Gasteiger partial charge in [-0.25, -0.2) is 9.59 Å². The van der Waals surface area contributed by atoms with E-state index in [-0.39, 0.29) is 82.1 Å². The predicted molar refractivity (Wildman–Crippen MR) is 293 cm³/mol. The summed E-state index contributed by atoms with van der Waals surface area (Å²) in [4.78, 5) is 137. The molecule has 0 saturated carbocycles. The van der Waals surface area contributed by atoms with Crippen LogP contribution in [0.5, 0.6) is 5.75 Å². The highest BCUT2D eigenvalue weighted by molar-refractivity contribution is 7.98. The van der Waals surface area contributed by atoms with Crippen molar-refractivity contribution in [1.29, 1.82) is 0 Å². The van der Waals surface area contributed by atoms with Crippen LogP contribution in [-0.2, 0) is 49.6 Å². The third-order valence-electron chi connectivity index (χ3n) is 11.9. The second kappa shape index (κ2) is 36.9. The number of carboxylic acid groups (broad SMARTS) is 1. The molecule has 29 heteroatoms. The maximum Gasteiger partial charge on any atom is 0.326 e. The summed E-state index contributed by atoms with van der Waals surface area (Å²) >= 11 is 1.38. The number of aliphatic hydroxyl groups excluding tert-OH is 1. The summed E-state index contributed by atoms with van der Waals surface area (Å²) in [6.07, 6.45) is 3.08. The fraction of sp³-hybridized carbons (Fsp3) is 0.653. The number of guanidine groups is 1. The standard InChI is InChI=1S/C49H85N15O13S/c1-26(2)23-36(62-45(73)37(25-65)63-40(68)31(51)24-29-14-16-30(66)17-15-29)44(72)58-32(13-10-21-56-49(54)77)41(69)57-28(5)39(67)64-38(27(3)4)46(74)60-33(12-9-20-55-48(52)53)42(70)59-34(18-22-78-6)43(71)61-35(47(75)76)11-7-8-19-50/h14-17,26-28,31-38,65-66H,7-13,18-25,50-51H2,1-6H3,(H,57,69)(H,58,72)(H,59,70)(H,60,74)(H,61,71)(H,62,73)(H,63,68)(H,64,67)(H,75,76)(H4,52,53,55)(H3,54,56,77)/t28-,31-,32-,33-,34-,35-,36-,37-,38-/m0/s1. The number of hydrogen-bond acceptors (Lipinski definition) is 16. The lowest BCUT2D eigenvalue weighted by molar-refractivity contribution is -0.142. The number of primary amides is 1. The first-order valence-electron chi connectivity index (χ1n) is 25.8. The van der Waals surface area contributed by atoms with Gasteiger partial charge in [0.2, 0.25) is 47.3 Å². The first kappa shape index (κ1) is 69.0. The van der Waals surface area contributed by atoms with Gasteiger partial charge in [0.25, 0.3) is 0 Å². The number of benzene rings is 1. The van der Waals surface area contributed by atoms with Gasteiger partial charge in [-0.3, -0.25) is 43.3 Å². The number of phenols is 1. The Morgan fingerprint density at radius 3 is 1.63 bits per heavy atom. The molecule has 0 bridgehead atoms.